The molecule has 2 aromatic heterocycles. The minimum Gasteiger partial charge on any atom is -0.486 e. The van der Waals surface area contributed by atoms with Crippen molar-refractivity contribution in [2.75, 3.05) is 13.2 Å². The van der Waals surface area contributed by atoms with Crippen LogP contribution in [0.25, 0.3) is 5.65 Å². The van der Waals surface area contributed by atoms with Gasteiger partial charge in [0.15, 0.2) is 11.5 Å². The molecule has 5 rings (SSSR count). The summed E-state index contributed by atoms with van der Waals surface area (Å²) >= 11 is 0. The van der Waals surface area contributed by atoms with Gasteiger partial charge in [-0.15, -0.1) is 0 Å². The lowest BCUT2D eigenvalue weighted by Gasteiger charge is -2.23. The molecular weight excluding hydrogens is 326 g/mol. The first kappa shape index (κ1) is 15.7. The molecule has 3 heterocycles. The van der Waals surface area contributed by atoms with Crippen LogP contribution in [0.4, 0.5) is 0 Å². The Morgan fingerprint density at radius 1 is 1.15 bits per heavy atom. The van der Waals surface area contributed by atoms with Crippen molar-refractivity contribution in [2.24, 2.45) is 5.92 Å². The number of nitrogens with one attached hydrogen (secondary N) is 1. The molecular formula is C21H23N3O2. The fourth-order valence-electron chi connectivity index (χ4n) is 3.82. The first-order chi connectivity index (χ1) is 12.8. The molecule has 0 radical (unpaired) electrons. The molecule has 0 spiro atoms. The molecule has 3 aromatic rings. The van der Waals surface area contributed by atoms with E-state index in [-0.39, 0.29) is 0 Å². The Hall–Kier alpha value is -2.53. The Labute approximate surface area is 153 Å². The van der Waals surface area contributed by atoms with Crippen LogP contribution in [0.2, 0.25) is 0 Å². The Kier molecular flexibility index (Phi) is 3.82. The lowest BCUT2D eigenvalue weighted by molar-refractivity contribution is 0.171. The van der Waals surface area contributed by atoms with Gasteiger partial charge in [0, 0.05) is 18.8 Å². The van der Waals surface area contributed by atoms with Crippen LogP contribution in [-0.2, 0) is 6.54 Å². The maximum atomic E-state index is 5.77. The number of benzene rings is 1. The Morgan fingerprint density at radius 3 is 2.85 bits per heavy atom. The number of aromatic nitrogens is 2. The molecule has 26 heavy (non-hydrogen) atoms. The van der Waals surface area contributed by atoms with Gasteiger partial charge in [0.2, 0.25) is 0 Å². The molecule has 134 valence electrons. The third-order valence-corrected chi connectivity index (χ3v) is 5.34. The summed E-state index contributed by atoms with van der Waals surface area (Å²) in [6.45, 7) is 4.13. The highest BCUT2D eigenvalue weighted by Crippen LogP contribution is 2.43. The molecule has 1 fully saturated rings. The maximum absolute atomic E-state index is 5.77. The third-order valence-electron chi connectivity index (χ3n) is 5.34. The molecule has 1 saturated carbocycles. The second-order valence-electron chi connectivity index (χ2n) is 7.17. The van der Waals surface area contributed by atoms with E-state index in [1.54, 1.807) is 0 Å². The Balaban J connectivity index is 1.41. The second kappa shape index (κ2) is 6.32. The van der Waals surface area contributed by atoms with E-state index >= 15 is 0 Å². The van der Waals surface area contributed by atoms with E-state index < -0.39 is 0 Å². The minimum atomic E-state index is 0.333. The van der Waals surface area contributed by atoms with Crippen molar-refractivity contribution in [2.45, 2.75) is 32.4 Å². The summed E-state index contributed by atoms with van der Waals surface area (Å²) in [7, 11) is 0. The number of rotatable bonds is 5. The topological polar surface area (TPSA) is 47.8 Å². The van der Waals surface area contributed by atoms with E-state index in [0.29, 0.717) is 25.2 Å². The molecule has 5 heteroatoms. The van der Waals surface area contributed by atoms with Gasteiger partial charge >= 0.3 is 0 Å². The number of pyridine rings is 1. The molecule has 1 N–H and O–H groups in total. The molecule has 1 aromatic carbocycles. The summed E-state index contributed by atoms with van der Waals surface area (Å²) in [6, 6.07) is 12.8. The highest BCUT2D eigenvalue weighted by molar-refractivity contribution is 5.45. The smallest absolute Gasteiger partial charge is 0.161 e. The lowest BCUT2D eigenvalue weighted by atomic mass is 10.0. The van der Waals surface area contributed by atoms with Gasteiger partial charge in [-0.2, -0.15) is 0 Å². The molecule has 0 saturated heterocycles. The number of hydrogen-bond acceptors (Lipinski definition) is 4. The molecule has 0 amide bonds. The van der Waals surface area contributed by atoms with Gasteiger partial charge in [-0.3, -0.25) is 0 Å². The molecule has 1 unspecified atom stereocenters. The molecule has 1 aliphatic carbocycles. The standard InChI is InChI=1S/C21H23N3O2/c1-14-17(24-9-3-2-4-20(24)23-14)13-22-21(15-5-6-15)16-7-8-18-19(12-16)26-11-10-25-18/h2-4,7-9,12,15,21-22H,5-6,10-11,13H2,1H3. The number of ether oxygens (including phenoxy) is 2. The first-order valence-corrected chi connectivity index (χ1v) is 9.35. The van der Waals surface area contributed by atoms with E-state index in [4.69, 9.17) is 9.47 Å². The molecule has 5 nitrogen and oxygen atoms in total. The number of hydrogen-bond donors (Lipinski definition) is 1. The average molecular weight is 349 g/mol. The largest absolute Gasteiger partial charge is 0.486 e. The predicted molar refractivity (Wildman–Crippen MR) is 99.7 cm³/mol. The molecule has 0 bridgehead atoms. The fourth-order valence-corrected chi connectivity index (χ4v) is 3.82. The van der Waals surface area contributed by atoms with Crippen molar-refractivity contribution in [3.05, 3.63) is 59.5 Å². The van der Waals surface area contributed by atoms with Gasteiger partial charge in [0.25, 0.3) is 0 Å². The van der Waals surface area contributed by atoms with Gasteiger partial charge in [0.1, 0.15) is 18.9 Å². The van der Waals surface area contributed by atoms with Crippen LogP contribution in [0.5, 0.6) is 11.5 Å². The number of aryl methyl sites for hydroxylation is 1. The van der Waals surface area contributed by atoms with Crippen molar-refractivity contribution in [1.82, 2.24) is 14.7 Å². The van der Waals surface area contributed by atoms with E-state index in [1.807, 2.05) is 12.1 Å². The Morgan fingerprint density at radius 2 is 2.00 bits per heavy atom. The van der Waals surface area contributed by atoms with E-state index in [1.165, 1.54) is 24.1 Å². The SMILES string of the molecule is Cc1nc2ccccn2c1CNC(c1ccc2c(c1)OCCO2)C1CC1. The van der Waals surface area contributed by atoms with Crippen molar-refractivity contribution >= 4 is 5.65 Å². The average Bonchev–Trinajstić information content (AvgIpc) is 3.45. The van der Waals surface area contributed by atoms with Crippen LogP contribution in [0.1, 0.15) is 35.8 Å². The normalized spacial score (nSPS) is 17.4. The van der Waals surface area contributed by atoms with Crippen molar-refractivity contribution in [1.29, 1.82) is 0 Å². The summed E-state index contributed by atoms with van der Waals surface area (Å²) < 4.78 is 13.6. The molecule has 1 atom stereocenters. The first-order valence-electron chi connectivity index (χ1n) is 9.35. The van der Waals surface area contributed by atoms with Crippen molar-refractivity contribution < 1.29 is 9.47 Å². The van der Waals surface area contributed by atoms with Crippen LogP contribution in [0, 0.1) is 12.8 Å². The molecule has 1 aliphatic heterocycles. The van der Waals surface area contributed by atoms with Crippen molar-refractivity contribution in [3.8, 4) is 11.5 Å². The van der Waals surface area contributed by atoms with Crippen LogP contribution >= 0.6 is 0 Å². The zero-order valence-electron chi connectivity index (χ0n) is 14.9. The quantitative estimate of drug-likeness (QED) is 0.764. The highest BCUT2D eigenvalue weighted by Gasteiger charge is 2.33. The van der Waals surface area contributed by atoms with Gasteiger partial charge < -0.3 is 19.2 Å². The van der Waals surface area contributed by atoms with Gasteiger partial charge in [-0.25, -0.2) is 4.98 Å². The third kappa shape index (κ3) is 2.82. The predicted octanol–water partition coefficient (Wildman–Crippen LogP) is 3.65. The highest BCUT2D eigenvalue weighted by atomic mass is 16.6. The van der Waals surface area contributed by atoms with E-state index in [2.05, 4.69) is 52.1 Å². The monoisotopic (exact) mass is 349 g/mol. The number of nitrogens with zero attached hydrogens (tertiary/aromatic N) is 2. The van der Waals surface area contributed by atoms with Crippen LogP contribution in [-0.4, -0.2) is 22.6 Å². The molecule has 2 aliphatic rings. The van der Waals surface area contributed by atoms with Gasteiger partial charge in [-0.05, 0) is 55.5 Å². The number of fused-ring (bicyclic) bond motifs is 2. The summed E-state index contributed by atoms with van der Waals surface area (Å²) in [5.74, 6) is 2.41. The van der Waals surface area contributed by atoms with Crippen LogP contribution in [0.15, 0.2) is 42.6 Å². The van der Waals surface area contributed by atoms with Crippen LogP contribution < -0.4 is 14.8 Å². The minimum absolute atomic E-state index is 0.333. The van der Waals surface area contributed by atoms with Crippen LogP contribution in [0.3, 0.4) is 0 Å². The van der Waals surface area contributed by atoms with Gasteiger partial charge in [-0.1, -0.05) is 12.1 Å². The summed E-state index contributed by atoms with van der Waals surface area (Å²) in [5, 5.41) is 3.78. The lowest BCUT2D eigenvalue weighted by Crippen LogP contribution is -2.24. The van der Waals surface area contributed by atoms with E-state index in [0.717, 1.165) is 29.4 Å². The summed E-state index contributed by atoms with van der Waals surface area (Å²) in [6.07, 6.45) is 4.64. The second-order valence-corrected chi connectivity index (χ2v) is 7.17. The summed E-state index contributed by atoms with van der Waals surface area (Å²) in [5.41, 5.74) is 4.59. The maximum Gasteiger partial charge on any atom is 0.161 e. The van der Waals surface area contributed by atoms with Crippen molar-refractivity contribution in [3.63, 3.8) is 0 Å². The van der Waals surface area contributed by atoms with Gasteiger partial charge in [0.05, 0.1) is 11.4 Å². The fraction of sp³-hybridized carbons (Fsp3) is 0.381. The van der Waals surface area contributed by atoms with E-state index in [9.17, 15) is 0 Å². The summed E-state index contributed by atoms with van der Waals surface area (Å²) in [4.78, 5) is 4.67. The zero-order valence-corrected chi connectivity index (χ0v) is 14.9. The number of imidazole rings is 1. The Bertz CT molecular complexity index is 946. The zero-order chi connectivity index (χ0) is 17.5.